The smallest absolute Gasteiger partial charge is 0.368 e. The third kappa shape index (κ3) is 3.13. The number of nitrogens with two attached hydrogens (primary N) is 1. The average molecular weight is 288 g/mol. The molecule has 0 aromatic carbocycles. The molecule has 1 aromatic heterocycles. The zero-order valence-corrected chi connectivity index (χ0v) is 11.6. The molecule has 2 N–H and O–H groups in total. The minimum Gasteiger partial charge on any atom is -0.368 e. The second-order valence-corrected chi connectivity index (χ2v) is 5.41. The molecular formula is C13H19F3N4. The van der Waals surface area contributed by atoms with Crippen molar-refractivity contribution in [3.8, 4) is 0 Å². The van der Waals surface area contributed by atoms with Gasteiger partial charge in [-0.3, -0.25) is 0 Å². The van der Waals surface area contributed by atoms with E-state index < -0.39 is 11.9 Å². The van der Waals surface area contributed by atoms with Gasteiger partial charge in [-0.15, -0.1) is 0 Å². The molecule has 1 aliphatic carbocycles. The highest BCUT2D eigenvalue weighted by Gasteiger charge is 2.34. The van der Waals surface area contributed by atoms with Crippen molar-refractivity contribution in [2.75, 3.05) is 17.7 Å². The first-order chi connectivity index (χ1) is 9.29. The van der Waals surface area contributed by atoms with Crippen LogP contribution in [0.5, 0.6) is 0 Å². The Morgan fingerprint density at radius 3 is 2.50 bits per heavy atom. The van der Waals surface area contributed by atoms with Gasteiger partial charge in [0.25, 0.3) is 0 Å². The quantitative estimate of drug-likeness (QED) is 0.908. The van der Waals surface area contributed by atoms with Crippen LogP contribution in [0.25, 0.3) is 0 Å². The maximum atomic E-state index is 12.8. The molecule has 2 unspecified atom stereocenters. The number of nitrogens with zero attached hydrogens (tertiary/aromatic N) is 3. The van der Waals surface area contributed by atoms with E-state index in [1.54, 1.807) is 11.9 Å². The van der Waals surface area contributed by atoms with Gasteiger partial charge in [0.05, 0.1) is 0 Å². The predicted molar refractivity (Wildman–Crippen MR) is 71.3 cm³/mol. The zero-order valence-electron chi connectivity index (χ0n) is 11.6. The summed E-state index contributed by atoms with van der Waals surface area (Å²) in [7, 11) is 1.77. The predicted octanol–water partition coefficient (Wildman–Crippen LogP) is 3.09. The SMILES string of the molecule is CC1CCCCC1N(C)c1cc(C(F)(F)F)nc(N)n1. The number of alkyl halides is 3. The van der Waals surface area contributed by atoms with Crippen molar-refractivity contribution in [3.05, 3.63) is 11.8 Å². The lowest BCUT2D eigenvalue weighted by Gasteiger charge is -2.37. The molecular weight excluding hydrogens is 269 g/mol. The first-order valence-electron chi connectivity index (χ1n) is 6.73. The standard InChI is InChI=1S/C13H19F3N4/c1-8-5-3-4-6-9(8)20(2)11-7-10(13(14,15)16)18-12(17)19-11/h7-9H,3-6H2,1-2H3,(H2,17,18,19). The molecule has 2 rings (SSSR count). The Labute approximate surface area is 116 Å². The highest BCUT2D eigenvalue weighted by Crippen LogP contribution is 2.33. The number of halogens is 3. The zero-order chi connectivity index (χ0) is 14.9. The molecule has 0 saturated heterocycles. The maximum absolute atomic E-state index is 12.8. The average Bonchev–Trinajstić information content (AvgIpc) is 2.37. The minimum absolute atomic E-state index is 0.194. The molecule has 1 saturated carbocycles. The summed E-state index contributed by atoms with van der Waals surface area (Å²) in [6.07, 6.45) is -0.202. The van der Waals surface area contributed by atoms with Crippen LogP contribution in [0.1, 0.15) is 38.3 Å². The van der Waals surface area contributed by atoms with Crippen molar-refractivity contribution in [3.63, 3.8) is 0 Å². The number of aromatic nitrogens is 2. The topological polar surface area (TPSA) is 55.0 Å². The molecule has 2 atom stereocenters. The van der Waals surface area contributed by atoms with Crippen molar-refractivity contribution >= 4 is 11.8 Å². The Kier molecular flexibility index (Phi) is 4.06. The summed E-state index contributed by atoms with van der Waals surface area (Å²) in [5.41, 5.74) is 4.42. The van der Waals surface area contributed by atoms with E-state index in [0.29, 0.717) is 5.92 Å². The lowest BCUT2D eigenvalue weighted by atomic mass is 9.85. The fraction of sp³-hybridized carbons (Fsp3) is 0.692. The van der Waals surface area contributed by atoms with Crippen LogP contribution in [0.3, 0.4) is 0 Å². The third-order valence-corrected chi connectivity index (χ3v) is 3.95. The molecule has 1 aliphatic rings. The van der Waals surface area contributed by atoms with Gasteiger partial charge in [0.15, 0.2) is 5.69 Å². The highest BCUT2D eigenvalue weighted by atomic mass is 19.4. The number of rotatable bonds is 2. The fourth-order valence-electron chi connectivity index (χ4n) is 2.82. The summed E-state index contributed by atoms with van der Waals surface area (Å²) >= 11 is 0. The van der Waals surface area contributed by atoms with Crippen LogP contribution in [0.15, 0.2) is 6.07 Å². The van der Waals surface area contributed by atoms with E-state index in [4.69, 9.17) is 5.73 Å². The second-order valence-electron chi connectivity index (χ2n) is 5.41. The van der Waals surface area contributed by atoms with Crippen LogP contribution < -0.4 is 10.6 Å². The molecule has 4 nitrogen and oxygen atoms in total. The van der Waals surface area contributed by atoms with Gasteiger partial charge in [0.1, 0.15) is 5.82 Å². The number of hydrogen-bond acceptors (Lipinski definition) is 4. The second kappa shape index (κ2) is 5.46. The number of anilines is 2. The lowest BCUT2D eigenvalue weighted by Crippen LogP contribution is -2.39. The summed E-state index contributed by atoms with van der Waals surface area (Å²) < 4.78 is 38.3. The van der Waals surface area contributed by atoms with E-state index >= 15 is 0 Å². The molecule has 0 spiro atoms. The Morgan fingerprint density at radius 2 is 1.90 bits per heavy atom. The van der Waals surface area contributed by atoms with Crippen molar-refractivity contribution < 1.29 is 13.2 Å². The molecule has 0 bridgehead atoms. The van der Waals surface area contributed by atoms with E-state index in [2.05, 4.69) is 16.9 Å². The van der Waals surface area contributed by atoms with Gasteiger partial charge < -0.3 is 10.6 Å². The molecule has 1 heterocycles. The van der Waals surface area contributed by atoms with Gasteiger partial charge in [-0.25, -0.2) is 4.98 Å². The molecule has 1 fully saturated rings. The summed E-state index contributed by atoms with van der Waals surface area (Å²) in [4.78, 5) is 9.02. The van der Waals surface area contributed by atoms with Gasteiger partial charge in [-0.1, -0.05) is 19.8 Å². The van der Waals surface area contributed by atoms with Gasteiger partial charge in [-0.2, -0.15) is 18.2 Å². The molecule has 112 valence electrons. The van der Waals surface area contributed by atoms with Crippen LogP contribution in [0.2, 0.25) is 0 Å². The summed E-state index contributed by atoms with van der Waals surface area (Å²) in [6.45, 7) is 2.12. The molecule has 0 amide bonds. The van der Waals surface area contributed by atoms with Crippen LogP contribution >= 0.6 is 0 Å². The normalized spacial score (nSPS) is 23.6. The fourth-order valence-corrected chi connectivity index (χ4v) is 2.82. The highest BCUT2D eigenvalue weighted by molar-refractivity contribution is 5.44. The molecule has 1 aromatic rings. The van der Waals surface area contributed by atoms with Crippen molar-refractivity contribution in [2.24, 2.45) is 5.92 Å². The molecule has 7 heteroatoms. The Balaban J connectivity index is 2.29. The van der Waals surface area contributed by atoms with Crippen LogP contribution in [-0.2, 0) is 6.18 Å². The minimum atomic E-state index is -4.51. The van der Waals surface area contributed by atoms with Crippen molar-refractivity contribution in [2.45, 2.75) is 44.8 Å². The lowest BCUT2D eigenvalue weighted by molar-refractivity contribution is -0.141. The number of hydrogen-bond donors (Lipinski definition) is 1. The van der Waals surface area contributed by atoms with Crippen LogP contribution in [0.4, 0.5) is 24.9 Å². The van der Waals surface area contributed by atoms with Crippen molar-refractivity contribution in [1.82, 2.24) is 9.97 Å². The molecule has 0 radical (unpaired) electrons. The van der Waals surface area contributed by atoms with E-state index in [9.17, 15) is 13.2 Å². The first-order valence-corrected chi connectivity index (χ1v) is 6.73. The van der Waals surface area contributed by atoms with Crippen LogP contribution in [-0.4, -0.2) is 23.1 Å². The summed E-state index contributed by atoms with van der Waals surface area (Å²) in [5, 5.41) is 0. The molecule has 0 aliphatic heterocycles. The summed E-state index contributed by atoms with van der Waals surface area (Å²) in [5.74, 6) is 0.327. The van der Waals surface area contributed by atoms with E-state index in [1.807, 2.05) is 0 Å². The van der Waals surface area contributed by atoms with E-state index in [0.717, 1.165) is 25.3 Å². The maximum Gasteiger partial charge on any atom is 0.433 e. The monoisotopic (exact) mass is 288 g/mol. The third-order valence-electron chi connectivity index (χ3n) is 3.95. The van der Waals surface area contributed by atoms with E-state index in [-0.39, 0.29) is 17.8 Å². The van der Waals surface area contributed by atoms with Gasteiger partial charge in [-0.05, 0) is 18.8 Å². The van der Waals surface area contributed by atoms with Gasteiger partial charge in [0, 0.05) is 19.2 Å². The van der Waals surface area contributed by atoms with Gasteiger partial charge in [0.2, 0.25) is 5.95 Å². The Bertz CT molecular complexity index is 475. The van der Waals surface area contributed by atoms with Crippen molar-refractivity contribution in [1.29, 1.82) is 0 Å². The summed E-state index contributed by atoms with van der Waals surface area (Å²) in [6, 6.07) is 1.16. The largest absolute Gasteiger partial charge is 0.433 e. The Hall–Kier alpha value is -1.53. The molecule has 20 heavy (non-hydrogen) atoms. The van der Waals surface area contributed by atoms with Gasteiger partial charge >= 0.3 is 6.18 Å². The number of nitrogen functional groups attached to an aromatic ring is 1. The first kappa shape index (κ1) is 14.9. The Morgan fingerprint density at radius 1 is 1.25 bits per heavy atom. The van der Waals surface area contributed by atoms with E-state index in [1.165, 1.54) is 6.42 Å². The van der Waals surface area contributed by atoms with Crippen LogP contribution in [0, 0.1) is 5.92 Å².